The standard InChI is InChI=1S/C9H14ClN5O3/c1-2-18-9-14-7(10)13-8(15-9)12-3-4-17-5-6(11)16/h2-5H2,1H3,(H2,11,16)(H,12,13,14,15). The maximum absolute atomic E-state index is 10.4. The fraction of sp³-hybridized carbons (Fsp3) is 0.556. The summed E-state index contributed by atoms with van der Waals surface area (Å²) in [5, 5.41) is 2.89. The van der Waals surface area contributed by atoms with Crippen LogP contribution >= 0.6 is 11.6 Å². The lowest BCUT2D eigenvalue weighted by atomic mass is 10.6. The van der Waals surface area contributed by atoms with Crippen LogP contribution in [-0.4, -0.2) is 47.2 Å². The number of hydrogen-bond acceptors (Lipinski definition) is 7. The minimum absolute atomic E-state index is 0.0361. The zero-order valence-corrected chi connectivity index (χ0v) is 10.6. The van der Waals surface area contributed by atoms with E-state index in [9.17, 15) is 4.79 Å². The van der Waals surface area contributed by atoms with Gasteiger partial charge in [0, 0.05) is 6.54 Å². The van der Waals surface area contributed by atoms with E-state index in [2.05, 4.69) is 20.3 Å². The Kier molecular flexibility index (Phi) is 6.09. The predicted octanol–water partition coefficient (Wildman–Crippen LogP) is -0.162. The van der Waals surface area contributed by atoms with Gasteiger partial charge < -0.3 is 20.5 Å². The van der Waals surface area contributed by atoms with Gasteiger partial charge in [-0.2, -0.15) is 15.0 Å². The highest BCUT2D eigenvalue weighted by Gasteiger charge is 2.05. The second-order valence-electron chi connectivity index (χ2n) is 3.09. The number of aromatic nitrogens is 3. The van der Waals surface area contributed by atoms with Crippen molar-refractivity contribution in [2.45, 2.75) is 6.92 Å². The number of nitrogens with zero attached hydrogens (tertiary/aromatic N) is 3. The van der Waals surface area contributed by atoms with Gasteiger partial charge in [-0.1, -0.05) is 0 Å². The zero-order valence-electron chi connectivity index (χ0n) is 9.85. The van der Waals surface area contributed by atoms with Crippen molar-refractivity contribution in [3.05, 3.63) is 5.28 Å². The normalized spacial score (nSPS) is 10.1. The Morgan fingerprint density at radius 3 is 2.89 bits per heavy atom. The highest BCUT2D eigenvalue weighted by Crippen LogP contribution is 2.10. The molecule has 1 rings (SSSR count). The molecule has 100 valence electrons. The molecule has 0 aliphatic carbocycles. The number of carbonyl (C=O) groups excluding carboxylic acids is 1. The van der Waals surface area contributed by atoms with Crippen molar-refractivity contribution in [3.63, 3.8) is 0 Å². The van der Waals surface area contributed by atoms with Crippen LogP contribution in [0.15, 0.2) is 0 Å². The number of amides is 1. The first-order chi connectivity index (χ1) is 8.61. The van der Waals surface area contributed by atoms with Gasteiger partial charge in [-0.3, -0.25) is 4.79 Å². The minimum Gasteiger partial charge on any atom is -0.464 e. The highest BCUT2D eigenvalue weighted by molar-refractivity contribution is 6.28. The third kappa shape index (κ3) is 5.60. The Hall–Kier alpha value is -1.67. The van der Waals surface area contributed by atoms with Crippen molar-refractivity contribution < 1.29 is 14.3 Å². The van der Waals surface area contributed by atoms with Crippen molar-refractivity contribution in [1.29, 1.82) is 0 Å². The summed E-state index contributed by atoms with van der Waals surface area (Å²) in [6.45, 7) is 2.81. The first-order valence-corrected chi connectivity index (χ1v) is 5.64. The number of carbonyl (C=O) groups is 1. The second kappa shape index (κ2) is 7.62. The molecule has 0 aliphatic rings. The predicted molar refractivity (Wildman–Crippen MR) is 64.5 cm³/mol. The second-order valence-corrected chi connectivity index (χ2v) is 3.43. The van der Waals surface area contributed by atoms with E-state index in [4.69, 9.17) is 26.8 Å². The first kappa shape index (κ1) is 14.4. The molecule has 0 atom stereocenters. The summed E-state index contributed by atoms with van der Waals surface area (Å²) in [4.78, 5) is 22.0. The number of primary amides is 1. The highest BCUT2D eigenvalue weighted by atomic mass is 35.5. The van der Waals surface area contributed by atoms with Gasteiger partial charge in [0.1, 0.15) is 6.61 Å². The maximum Gasteiger partial charge on any atom is 0.322 e. The lowest BCUT2D eigenvalue weighted by Crippen LogP contribution is -2.21. The van der Waals surface area contributed by atoms with Crippen molar-refractivity contribution in [1.82, 2.24) is 15.0 Å². The van der Waals surface area contributed by atoms with Crippen LogP contribution in [0.5, 0.6) is 6.01 Å². The fourth-order valence-electron chi connectivity index (χ4n) is 1.01. The molecule has 0 unspecified atom stereocenters. The molecule has 0 saturated heterocycles. The van der Waals surface area contributed by atoms with Crippen molar-refractivity contribution in [2.24, 2.45) is 5.73 Å². The number of nitrogens with two attached hydrogens (primary N) is 1. The van der Waals surface area contributed by atoms with E-state index < -0.39 is 5.91 Å². The van der Waals surface area contributed by atoms with Crippen LogP contribution < -0.4 is 15.8 Å². The summed E-state index contributed by atoms with van der Waals surface area (Å²) < 4.78 is 10.1. The molecule has 0 saturated carbocycles. The zero-order chi connectivity index (χ0) is 13.4. The van der Waals surface area contributed by atoms with Gasteiger partial charge in [0.25, 0.3) is 0 Å². The van der Waals surface area contributed by atoms with Crippen LogP contribution in [0.3, 0.4) is 0 Å². The molecule has 0 aliphatic heterocycles. The topological polar surface area (TPSA) is 112 Å². The Bertz CT molecular complexity index is 404. The monoisotopic (exact) mass is 275 g/mol. The Morgan fingerprint density at radius 1 is 1.44 bits per heavy atom. The van der Waals surface area contributed by atoms with Gasteiger partial charge in [-0.25, -0.2) is 0 Å². The van der Waals surface area contributed by atoms with Gasteiger partial charge in [-0.15, -0.1) is 0 Å². The number of nitrogens with one attached hydrogen (secondary N) is 1. The quantitative estimate of drug-likeness (QED) is 0.634. The molecule has 0 radical (unpaired) electrons. The molecule has 1 aromatic heterocycles. The van der Waals surface area contributed by atoms with Crippen LogP contribution in [0, 0.1) is 0 Å². The molecule has 0 spiro atoms. The minimum atomic E-state index is -0.517. The first-order valence-electron chi connectivity index (χ1n) is 5.26. The molecule has 0 fully saturated rings. The van der Waals surface area contributed by atoms with Crippen LogP contribution in [0.2, 0.25) is 5.28 Å². The Morgan fingerprint density at radius 2 is 2.22 bits per heavy atom. The maximum atomic E-state index is 10.4. The Balaban J connectivity index is 2.39. The van der Waals surface area contributed by atoms with Gasteiger partial charge in [0.05, 0.1) is 13.2 Å². The molecule has 0 aromatic carbocycles. The van der Waals surface area contributed by atoms with E-state index >= 15 is 0 Å². The van der Waals surface area contributed by atoms with E-state index in [1.54, 1.807) is 0 Å². The van der Waals surface area contributed by atoms with Crippen molar-refractivity contribution in [2.75, 3.05) is 31.7 Å². The average molecular weight is 276 g/mol. The van der Waals surface area contributed by atoms with E-state index in [1.807, 2.05) is 6.92 Å². The van der Waals surface area contributed by atoms with Gasteiger partial charge >= 0.3 is 6.01 Å². The summed E-state index contributed by atoms with van der Waals surface area (Å²) >= 11 is 5.69. The number of rotatable bonds is 8. The summed E-state index contributed by atoms with van der Waals surface area (Å²) in [5.41, 5.74) is 4.91. The van der Waals surface area contributed by atoms with Crippen molar-refractivity contribution in [3.8, 4) is 6.01 Å². The lowest BCUT2D eigenvalue weighted by molar-refractivity contribution is -0.122. The molecule has 18 heavy (non-hydrogen) atoms. The van der Waals surface area contributed by atoms with E-state index in [0.29, 0.717) is 13.2 Å². The van der Waals surface area contributed by atoms with Crippen LogP contribution in [0.1, 0.15) is 6.92 Å². The number of hydrogen-bond donors (Lipinski definition) is 2. The van der Waals surface area contributed by atoms with E-state index in [1.165, 1.54) is 0 Å². The largest absolute Gasteiger partial charge is 0.464 e. The molecule has 3 N–H and O–H groups in total. The molecule has 1 heterocycles. The van der Waals surface area contributed by atoms with E-state index in [-0.39, 0.29) is 30.5 Å². The average Bonchev–Trinajstić information content (AvgIpc) is 2.28. The van der Waals surface area contributed by atoms with Gasteiger partial charge in [-0.05, 0) is 18.5 Å². The number of ether oxygens (including phenoxy) is 2. The summed E-state index contributed by atoms with van der Waals surface area (Å²) in [7, 11) is 0. The van der Waals surface area contributed by atoms with Gasteiger partial charge in [0.2, 0.25) is 17.1 Å². The molecule has 1 aromatic rings. The Labute approximate surface area is 109 Å². The number of anilines is 1. The van der Waals surface area contributed by atoms with Crippen LogP contribution in [-0.2, 0) is 9.53 Å². The van der Waals surface area contributed by atoms with Crippen LogP contribution in [0.25, 0.3) is 0 Å². The number of halogens is 1. The fourth-order valence-corrected chi connectivity index (χ4v) is 1.16. The SMILES string of the molecule is CCOc1nc(Cl)nc(NCCOCC(N)=O)n1. The summed E-state index contributed by atoms with van der Waals surface area (Å²) in [6, 6.07) is 0.151. The van der Waals surface area contributed by atoms with Gasteiger partial charge in [0.15, 0.2) is 0 Å². The molecular formula is C9H14ClN5O3. The third-order valence-electron chi connectivity index (χ3n) is 1.63. The summed E-state index contributed by atoms with van der Waals surface area (Å²) in [6.07, 6.45) is 0. The third-order valence-corrected chi connectivity index (χ3v) is 1.80. The summed E-state index contributed by atoms with van der Waals surface area (Å²) in [5.74, 6) is -0.238. The van der Waals surface area contributed by atoms with Crippen molar-refractivity contribution >= 4 is 23.5 Å². The molecule has 8 nitrogen and oxygen atoms in total. The smallest absolute Gasteiger partial charge is 0.322 e. The van der Waals surface area contributed by atoms with E-state index in [0.717, 1.165) is 0 Å². The molecule has 0 bridgehead atoms. The van der Waals surface area contributed by atoms with Crippen LogP contribution in [0.4, 0.5) is 5.95 Å². The molecule has 1 amide bonds. The lowest BCUT2D eigenvalue weighted by Gasteiger charge is -2.06. The molecule has 9 heteroatoms. The molecular weight excluding hydrogens is 262 g/mol.